The number of rotatable bonds is 4. The molecular formula is C15H23NO3. The summed E-state index contributed by atoms with van der Waals surface area (Å²) in [7, 11) is 1.62. The lowest BCUT2D eigenvalue weighted by atomic mass is 10.0. The molecule has 0 aliphatic carbocycles. The molecule has 1 aromatic carbocycles. The van der Waals surface area contributed by atoms with Gasteiger partial charge in [-0.15, -0.1) is 0 Å². The molecule has 19 heavy (non-hydrogen) atoms. The van der Waals surface area contributed by atoms with Crippen LogP contribution in [0.25, 0.3) is 0 Å². The summed E-state index contributed by atoms with van der Waals surface area (Å²) in [5.41, 5.74) is 0.460. The van der Waals surface area contributed by atoms with Crippen LogP contribution in [0.4, 0.5) is 4.79 Å². The number of ether oxygens (including phenoxy) is 2. The highest BCUT2D eigenvalue weighted by Crippen LogP contribution is 2.27. The molecule has 0 saturated carbocycles. The number of amides is 1. The van der Waals surface area contributed by atoms with Gasteiger partial charge in [0.1, 0.15) is 11.4 Å². The highest BCUT2D eigenvalue weighted by atomic mass is 16.6. The first kappa shape index (κ1) is 15.3. The Labute approximate surface area is 115 Å². The molecule has 0 bridgehead atoms. The Balaban J connectivity index is 2.81. The zero-order valence-corrected chi connectivity index (χ0v) is 12.3. The van der Waals surface area contributed by atoms with Crippen molar-refractivity contribution in [2.75, 3.05) is 7.11 Å². The molecule has 0 radical (unpaired) electrons. The van der Waals surface area contributed by atoms with Crippen LogP contribution < -0.4 is 10.1 Å². The number of hydrogen-bond donors (Lipinski definition) is 1. The fraction of sp³-hybridized carbons (Fsp3) is 0.533. The SMILES string of the molecule is CCC(NC(=O)OC(C)(C)C)c1ccccc1OC. The Morgan fingerprint density at radius 3 is 2.47 bits per heavy atom. The van der Waals surface area contributed by atoms with Crippen molar-refractivity contribution < 1.29 is 14.3 Å². The predicted octanol–water partition coefficient (Wildman–Crippen LogP) is 3.67. The second kappa shape index (κ2) is 6.45. The van der Waals surface area contributed by atoms with E-state index in [1.165, 1.54) is 0 Å². The molecule has 1 atom stereocenters. The van der Waals surface area contributed by atoms with Gasteiger partial charge >= 0.3 is 6.09 Å². The molecule has 0 aliphatic heterocycles. The van der Waals surface area contributed by atoms with Crippen molar-refractivity contribution in [3.8, 4) is 5.75 Å². The van der Waals surface area contributed by atoms with Gasteiger partial charge in [0, 0.05) is 5.56 Å². The fourth-order valence-electron chi connectivity index (χ4n) is 1.80. The molecule has 4 heteroatoms. The molecule has 0 saturated heterocycles. The summed E-state index contributed by atoms with van der Waals surface area (Å²) in [6.45, 7) is 7.54. The minimum atomic E-state index is -0.497. The summed E-state index contributed by atoms with van der Waals surface area (Å²) in [5, 5.41) is 2.87. The van der Waals surface area contributed by atoms with Crippen molar-refractivity contribution in [3.05, 3.63) is 29.8 Å². The van der Waals surface area contributed by atoms with Crippen LogP contribution in [0, 0.1) is 0 Å². The van der Waals surface area contributed by atoms with Crippen molar-refractivity contribution in [2.24, 2.45) is 0 Å². The normalized spacial score (nSPS) is 12.7. The molecule has 0 aliphatic rings. The third-order valence-electron chi connectivity index (χ3n) is 2.61. The Kier molecular flexibility index (Phi) is 5.21. The van der Waals surface area contributed by atoms with Gasteiger partial charge in [-0.3, -0.25) is 0 Å². The first-order valence-corrected chi connectivity index (χ1v) is 6.49. The second-order valence-electron chi connectivity index (χ2n) is 5.35. The molecule has 1 N–H and O–H groups in total. The quantitative estimate of drug-likeness (QED) is 0.903. The Bertz CT molecular complexity index is 424. The van der Waals surface area contributed by atoms with E-state index in [-0.39, 0.29) is 6.04 Å². The van der Waals surface area contributed by atoms with Gasteiger partial charge < -0.3 is 14.8 Å². The number of nitrogens with one attached hydrogen (secondary N) is 1. The van der Waals surface area contributed by atoms with E-state index in [0.29, 0.717) is 0 Å². The minimum Gasteiger partial charge on any atom is -0.496 e. The highest BCUT2D eigenvalue weighted by molar-refractivity contribution is 5.68. The number of alkyl carbamates (subject to hydrolysis) is 1. The molecule has 1 amide bonds. The summed E-state index contributed by atoms with van der Waals surface area (Å²) in [4.78, 5) is 11.8. The minimum absolute atomic E-state index is 0.119. The molecule has 0 fully saturated rings. The topological polar surface area (TPSA) is 47.6 Å². The number of carbonyl (C=O) groups excluding carboxylic acids is 1. The lowest BCUT2D eigenvalue weighted by Crippen LogP contribution is -2.34. The van der Waals surface area contributed by atoms with E-state index in [1.807, 2.05) is 52.0 Å². The smallest absolute Gasteiger partial charge is 0.408 e. The first-order valence-electron chi connectivity index (χ1n) is 6.49. The summed E-state index contributed by atoms with van der Waals surface area (Å²) < 4.78 is 10.6. The van der Waals surface area contributed by atoms with Crippen LogP contribution in [0.3, 0.4) is 0 Å². The Morgan fingerprint density at radius 2 is 1.95 bits per heavy atom. The molecule has 0 spiro atoms. The predicted molar refractivity (Wildman–Crippen MR) is 75.4 cm³/mol. The number of para-hydroxylation sites is 1. The largest absolute Gasteiger partial charge is 0.496 e. The van der Waals surface area contributed by atoms with Crippen LogP contribution in [-0.4, -0.2) is 18.8 Å². The van der Waals surface area contributed by atoms with Crippen LogP contribution in [0.5, 0.6) is 5.75 Å². The van der Waals surface area contributed by atoms with Crippen molar-refractivity contribution in [1.82, 2.24) is 5.32 Å². The highest BCUT2D eigenvalue weighted by Gasteiger charge is 2.21. The van der Waals surface area contributed by atoms with Gasteiger partial charge in [0.15, 0.2) is 0 Å². The number of benzene rings is 1. The van der Waals surface area contributed by atoms with Crippen LogP contribution >= 0.6 is 0 Å². The number of hydrogen-bond acceptors (Lipinski definition) is 3. The van der Waals surface area contributed by atoms with E-state index in [1.54, 1.807) is 7.11 Å². The summed E-state index contributed by atoms with van der Waals surface area (Å²) in [6, 6.07) is 7.55. The lowest BCUT2D eigenvalue weighted by Gasteiger charge is -2.24. The van der Waals surface area contributed by atoms with Crippen molar-refractivity contribution in [2.45, 2.75) is 45.8 Å². The van der Waals surface area contributed by atoms with Crippen LogP contribution in [0.2, 0.25) is 0 Å². The Hall–Kier alpha value is -1.71. The monoisotopic (exact) mass is 265 g/mol. The van der Waals surface area contributed by atoms with Gasteiger partial charge in [-0.25, -0.2) is 4.79 Å². The van der Waals surface area contributed by atoms with E-state index in [4.69, 9.17) is 9.47 Å². The van der Waals surface area contributed by atoms with Gasteiger partial charge in [-0.2, -0.15) is 0 Å². The number of carbonyl (C=O) groups is 1. The molecule has 1 rings (SSSR count). The maximum atomic E-state index is 11.8. The standard InChI is InChI=1S/C15H23NO3/c1-6-12(16-14(17)19-15(2,3)4)11-9-7-8-10-13(11)18-5/h7-10,12H,6H2,1-5H3,(H,16,17). The van der Waals surface area contributed by atoms with E-state index in [9.17, 15) is 4.79 Å². The summed E-state index contributed by atoms with van der Waals surface area (Å²) in [6.07, 6.45) is 0.352. The summed E-state index contributed by atoms with van der Waals surface area (Å²) >= 11 is 0. The fourth-order valence-corrected chi connectivity index (χ4v) is 1.80. The van der Waals surface area contributed by atoms with Crippen molar-refractivity contribution in [1.29, 1.82) is 0 Å². The summed E-state index contributed by atoms with van der Waals surface area (Å²) in [5.74, 6) is 0.769. The zero-order chi connectivity index (χ0) is 14.5. The third-order valence-corrected chi connectivity index (χ3v) is 2.61. The molecule has 0 heterocycles. The lowest BCUT2D eigenvalue weighted by molar-refractivity contribution is 0.0501. The maximum absolute atomic E-state index is 11.8. The Morgan fingerprint density at radius 1 is 1.32 bits per heavy atom. The van der Waals surface area contributed by atoms with Gasteiger partial charge in [0.05, 0.1) is 13.2 Å². The molecule has 106 valence electrons. The first-order chi connectivity index (χ1) is 8.87. The van der Waals surface area contributed by atoms with E-state index < -0.39 is 11.7 Å². The van der Waals surface area contributed by atoms with Gasteiger partial charge in [0.25, 0.3) is 0 Å². The third kappa shape index (κ3) is 4.81. The van der Waals surface area contributed by atoms with Crippen LogP contribution in [0.15, 0.2) is 24.3 Å². The maximum Gasteiger partial charge on any atom is 0.408 e. The van der Waals surface area contributed by atoms with Crippen molar-refractivity contribution >= 4 is 6.09 Å². The van der Waals surface area contributed by atoms with E-state index in [2.05, 4.69) is 5.32 Å². The number of methoxy groups -OCH3 is 1. The van der Waals surface area contributed by atoms with E-state index in [0.717, 1.165) is 17.7 Å². The average molecular weight is 265 g/mol. The molecule has 1 aromatic rings. The van der Waals surface area contributed by atoms with Gasteiger partial charge in [-0.1, -0.05) is 25.1 Å². The van der Waals surface area contributed by atoms with Crippen LogP contribution in [0.1, 0.15) is 45.7 Å². The molecular weight excluding hydrogens is 242 g/mol. The van der Waals surface area contributed by atoms with Crippen molar-refractivity contribution in [3.63, 3.8) is 0 Å². The van der Waals surface area contributed by atoms with E-state index >= 15 is 0 Å². The average Bonchev–Trinajstić information content (AvgIpc) is 2.33. The zero-order valence-electron chi connectivity index (χ0n) is 12.3. The molecule has 0 aromatic heterocycles. The second-order valence-corrected chi connectivity index (χ2v) is 5.35. The van der Waals surface area contributed by atoms with Crippen LogP contribution in [-0.2, 0) is 4.74 Å². The molecule has 4 nitrogen and oxygen atoms in total. The van der Waals surface area contributed by atoms with Gasteiger partial charge in [0.2, 0.25) is 0 Å². The molecule has 1 unspecified atom stereocenters. The van der Waals surface area contributed by atoms with Gasteiger partial charge in [-0.05, 0) is 33.3 Å².